The highest BCUT2D eigenvalue weighted by molar-refractivity contribution is 6.31. The third-order valence-corrected chi connectivity index (χ3v) is 5.23. The monoisotopic (exact) mass is 389 g/mol. The molecule has 1 atom stereocenters. The number of phenolic OH excluding ortho intramolecular Hbond substituents is 1. The lowest BCUT2D eigenvalue weighted by Gasteiger charge is -2.29. The van der Waals surface area contributed by atoms with Crippen LogP contribution >= 0.6 is 23.2 Å². The predicted molar refractivity (Wildman–Crippen MR) is 102 cm³/mol. The van der Waals surface area contributed by atoms with Crippen LogP contribution in [0.3, 0.4) is 0 Å². The first-order valence-electron chi connectivity index (χ1n) is 8.25. The van der Waals surface area contributed by atoms with Crippen molar-refractivity contribution in [3.05, 3.63) is 63.3 Å². The van der Waals surface area contributed by atoms with Gasteiger partial charge in [-0.15, -0.1) is 0 Å². The summed E-state index contributed by atoms with van der Waals surface area (Å²) < 4.78 is 0. The van der Waals surface area contributed by atoms with Crippen molar-refractivity contribution in [2.75, 3.05) is 6.54 Å². The van der Waals surface area contributed by atoms with Gasteiger partial charge in [-0.3, -0.25) is 4.79 Å². The zero-order chi connectivity index (χ0) is 18.4. The Morgan fingerprint density at radius 2 is 2.00 bits per heavy atom. The number of phenols is 1. The van der Waals surface area contributed by atoms with Gasteiger partial charge in [0.2, 0.25) is 5.91 Å². The summed E-state index contributed by atoms with van der Waals surface area (Å²) in [7, 11) is 0. The number of carbonyl (C=O) groups is 1. The average Bonchev–Trinajstić information content (AvgIpc) is 2.96. The SMILES string of the molecule is NC(C(=O)N1CCc2c([nH]c3ccc(Cl)cc23)C1)c1cc(O)cc(Cl)c1. The number of benzene rings is 2. The molecule has 0 saturated carbocycles. The van der Waals surface area contributed by atoms with E-state index < -0.39 is 6.04 Å². The fourth-order valence-electron chi connectivity index (χ4n) is 3.52. The van der Waals surface area contributed by atoms with Crippen molar-refractivity contribution in [2.24, 2.45) is 5.73 Å². The molecule has 7 heteroatoms. The van der Waals surface area contributed by atoms with E-state index >= 15 is 0 Å². The standard InChI is InChI=1S/C19H17Cl2N3O2/c20-11-1-2-16-15(8-11)14-3-4-24(9-17(14)23-16)19(26)18(22)10-5-12(21)7-13(25)6-10/h1-2,5-8,18,23,25H,3-4,9,22H2. The molecule has 5 nitrogen and oxygen atoms in total. The number of nitrogens with zero attached hydrogens (tertiary/aromatic N) is 1. The fraction of sp³-hybridized carbons (Fsp3) is 0.211. The van der Waals surface area contributed by atoms with E-state index in [1.807, 2.05) is 18.2 Å². The summed E-state index contributed by atoms with van der Waals surface area (Å²) in [5, 5.41) is 11.8. The summed E-state index contributed by atoms with van der Waals surface area (Å²) in [6, 6.07) is 9.34. The summed E-state index contributed by atoms with van der Waals surface area (Å²) in [5.41, 5.74) is 9.84. The lowest BCUT2D eigenvalue weighted by atomic mass is 10.0. The van der Waals surface area contributed by atoms with Gasteiger partial charge in [0.1, 0.15) is 11.8 Å². The maximum atomic E-state index is 12.8. The molecule has 1 aliphatic rings. The first-order chi connectivity index (χ1) is 12.4. The molecule has 3 aromatic rings. The smallest absolute Gasteiger partial charge is 0.244 e. The highest BCUT2D eigenvalue weighted by Gasteiger charge is 2.28. The molecule has 2 aromatic carbocycles. The fourth-order valence-corrected chi connectivity index (χ4v) is 3.93. The van der Waals surface area contributed by atoms with Gasteiger partial charge in [-0.2, -0.15) is 0 Å². The van der Waals surface area contributed by atoms with Gasteiger partial charge in [0.15, 0.2) is 0 Å². The van der Waals surface area contributed by atoms with Crippen LogP contribution in [-0.4, -0.2) is 27.4 Å². The zero-order valence-electron chi connectivity index (χ0n) is 13.8. The van der Waals surface area contributed by atoms with Crippen LogP contribution in [0.15, 0.2) is 36.4 Å². The number of fused-ring (bicyclic) bond motifs is 3. The van der Waals surface area contributed by atoms with Gasteiger partial charge in [-0.25, -0.2) is 0 Å². The molecule has 1 unspecified atom stereocenters. The molecule has 0 aliphatic carbocycles. The van der Waals surface area contributed by atoms with E-state index in [2.05, 4.69) is 4.98 Å². The summed E-state index contributed by atoms with van der Waals surface area (Å²) in [4.78, 5) is 17.9. The highest BCUT2D eigenvalue weighted by Crippen LogP contribution is 2.31. The molecule has 4 N–H and O–H groups in total. The van der Waals surface area contributed by atoms with Gasteiger partial charge in [-0.05, 0) is 53.9 Å². The lowest BCUT2D eigenvalue weighted by molar-refractivity contribution is -0.133. The van der Waals surface area contributed by atoms with Gasteiger partial charge < -0.3 is 20.7 Å². The number of nitrogens with one attached hydrogen (secondary N) is 1. The van der Waals surface area contributed by atoms with Crippen LogP contribution in [0.25, 0.3) is 10.9 Å². The second-order valence-corrected chi connectivity index (χ2v) is 7.38. The Morgan fingerprint density at radius 1 is 1.19 bits per heavy atom. The van der Waals surface area contributed by atoms with Gasteiger partial charge in [0, 0.05) is 33.2 Å². The number of aromatic nitrogens is 1. The van der Waals surface area contributed by atoms with E-state index in [9.17, 15) is 9.90 Å². The topological polar surface area (TPSA) is 82.4 Å². The molecule has 1 aromatic heterocycles. The number of hydrogen-bond donors (Lipinski definition) is 3. The quantitative estimate of drug-likeness (QED) is 0.623. The zero-order valence-corrected chi connectivity index (χ0v) is 15.3. The van der Waals surface area contributed by atoms with Crippen LogP contribution in [0.1, 0.15) is 22.9 Å². The molecule has 0 radical (unpaired) electrons. The van der Waals surface area contributed by atoms with Gasteiger partial charge in [-0.1, -0.05) is 23.2 Å². The average molecular weight is 390 g/mol. The van der Waals surface area contributed by atoms with Crippen molar-refractivity contribution in [3.8, 4) is 5.75 Å². The number of hydrogen-bond acceptors (Lipinski definition) is 3. The Balaban J connectivity index is 1.60. The van der Waals surface area contributed by atoms with Crippen molar-refractivity contribution >= 4 is 40.0 Å². The predicted octanol–water partition coefficient (Wildman–Crippen LogP) is 3.77. The molecule has 0 saturated heterocycles. The molecular formula is C19H17Cl2N3O2. The minimum Gasteiger partial charge on any atom is -0.508 e. The number of aromatic amines is 1. The Bertz CT molecular complexity index is 995. The molecule has 1 amide bonds. The first kappa shape index (κ1) is 17.2. The highest BCUT2D eigenvalue weighted by atomic mass is 35.5. The first-order valence-corrected chi connectivity index (χ1v) is 9.01. The maximum absolute atomic E-state index is 12.8. The van der Waals surface area contributed by atoms with Crippen LogP contribution in [0.2, 0.25) is 10.0 Å². The van der Waals surface area contributed by atoms with Crippen molar-refractivity contribution in [3.63, 3.8) is 0 Å². The molecule has 0 bridgehead atoms. The third kappa shape index (κ3) is 3.03. The summed E-state index contributed by atoms with van der Waals surface area (Å²) >= 11 is 12.1. The molecule has 134 valence electrons. The Morgan fingerprint density at radius 3 is 2.77 bits per heavy atom. The second kappa shape index (κ2) is 6.50. The number of amides is 1. The Kier molecular flexibility index (Phi) is 4.31. The van der Waals surface area contributed by atoms with E-state index in [1.54, 1.807) is 11.0 Å². The molecule has 0 spiro atoms. The normalized spacial score (nSPS) is 15.1. The van der Waals surface area contributed by atoms with Gasteiger partial charge >= 0.3 is 0 Å². The second-order valence-electron chi connectivity index (χ2n) is 6.50. The summed E-state index contributed by atoms with van der Waals surface area (Å²) in [6.07, 6.45) is 0.731. The van der Waals surface area contributed by atoms with Crippen molar-refractivity contribution in [2.45, 2.75) is 19.0 Å². The van der Waals surface area contributed by atoms with Crippen molar-refractivity contribution in [1.82, 2.24) is 9.88 Å². The molecular weight excluding hydrogens is 373 g/mol. The van der Waals surface area contributed by atoms with E-state index in [0.717, 1.165) is 23.0 Å². The van der Waals surface area contributed by atoms with Crippen LogP contribution in [0.4, 0.5) is 0 Å². The van der Waals surface area contributed by atoms with Crippen molar-refractivity contribution in [1.29, 1.82) is 0 Å². The molecule has 1 aliphatic heterocycles. The Labute approximate surface area is 160 Å². The molecule has 26 heavy (non-hydrogen) atoms. The minimum atomic E-state index is -0.875. The van der Waals surface area contributed by atoms with Crippen LogP contribution < -0.4 is 5.73 Å². The Hall–Kier alpha value is -2.21. The van der Waals surface area contributed by atoms with Crippen LogP contribution in [0.5, 0.6) is 5.75 Å². The maximum Gasteiger partial charge on any atom is 0.244 e. The lowest BCUT2D eigenvalue weighted by Crippen LogP contribution is -2.41. The van der Waals surface area contributed by atoms with E-state index in [-0.39, 0.29) is 11.7 Å². The number of rotatable bonds is 2. The molecule has 0 fully saturated rings. The number of aromatic hydroxyl groups is 1. The number of nitrogens with two attached hydrogens (primary N) is 1. The minimum absolute atomic E-state index is 0.0100. The van der Waals surface area contributed by atoms with Crippen LogP contribution in [-0.2, 0) is 17.8 Å². The van der Waals surface area contributed by atoms with Gasteiger partial charge in [0.25, 0.3) is 0 Å². The largest absolute Gasteiger partial charge is 0.508 e. The van der Waals surface area contributed by atoms with Crippen LogP contribution in [0, 0.1) is 0 Å². The summed E-state index contributed by atoms with van der Waals surface area (Å²) in [6.45, 7) is 1.03. The third-order valence-electron chi connectivity index (χ3n) is 4.78. The number of H-pyrrole nitrogens is 1. The summed E-state index contributed by atoms with van der Waals surface area (Å²) in [5.74, 6) is -0.210. The molecule has 4 rings (SSSR count). The van der Waals surface area contributed by atoms with E-state index in [4.69, 9.17) is 28.9 Å². The van der Waals surface area contributed by atoms with E-state index in [0.29, 0.717) is 28.7 Å². The van der Waals surface area contributed by atoms with Crippen molar-refractivity contribution < 1.29 is 9.90 Å². The molecule has 2 heterocycles. The number of carbonyl (C=O) groups excluding carboxylic acids is 1. The number of halogens is 2. The van der Waals surface area contributed by atoms with Gasteiger partial charge in [0.05, 0.1) is 6.54 Å². The van der Waals surface area contributed by atoms with E-state index in [1.165, 1.54) is 17.7 Å².